The molecule has 0 radical (unpaired) electrons. The molecule has 0 atom stereocenters. The van der Waals surface area contributed by atoms with Crippen LogP contribution in [0.1, 0.15) is 5.69 Å². The average Bonchev–Trinajstić information content (AvgIpc) is 3.27. The van der Waals surface area contributed by atoms with E-state index < -0.39 is 0 Å². The number of piperazine rings is 1. The van der Waals surface area contributed by atoms with Crippen molar-refractivity contribution in [2.45, 2.75) is 6.61 Å². The second-order valence-electron chi connectivity index (χ2n) is 6.97. The average molecular weight is 386 g/mol. The summed E-state index contributed by atoms with van der Waals surface area (Å²) >= 11 is 0. The zero-order chi connectivity index (χ0) is 19.5. The van der Waals surface area contributed by atoms with Gasteiger partial charge in [0.05, 0.1) is 5.69 Å². The third-order valence-corrected chi connectivity index (χ3v) is 5.07. The van der Waals surface area contributed by atoms with E-state index in [4.69, 9.17) is 4.74 Å². The van der Waals surface area contributed by atoms with Gasteiger partial charge in [0.25, 0.3) is 5.78 Å². The minimum absolute atomic E-state index is 0.367. The number of ether oxygens (including phenoxy) is 1. The Kier molecular flexibility index (Phi) is 4.80. The first-order chi connectivity index (χ1) is 14.4. The van der Waals surface area contributed by atoms with Gasteiger partial charge in [-0.2, -0.15) is 14.6 Å². The fourth-order valence-electron chi connectivity index (χ4n) is 3.64. The number of para-hydroxylation sites is 1. The van der Waals surface area contributed by atoms with Crippen molar-refractivity contribution in [2.75, 3.05) is 31.1 Å². The predicted octanol–water partition coefficient (Wildman–Crippen LogP) is 2.78. The molecule has 4 aromatic rings. The lowest BCUT2D eigenvalue weighted by molar-refractivity contribution is 0.302. The van der Waals surface area contributed by atoms with Crippen molar-refractivity contribution in [1.29, 1.82) is 0 Å². The third-order valence-electron chi connectivity index (χ3n) is 5.07. The zero-order valence-corrected chi connectivity index (χ0v) is 16.0. The van der Waals surface area contributed by atoms with Crippen LogP contribution in [0.15, 0.2) is 67.0 Å². The standard InChI is InChI=1S/C22H22N6O/c1-2-6-17(7-3-1)19-8-4-5-9-20(19)29-15-18-14-21(27-12-10-23-11-13-27)28-22(26-18)24-16-25-28/h1-9,14,16,23H,10-13,15H2. The first kappa shape index (κ1) is 17.6. The summed E-state index contributed by atoms with van der Waals surface area (Å²) in [6, 6.07) is 20.4. The summed E-state index contributed by atoms with van der Waals surface area (Å²) in [5.74, 6) is 2.44. The van der Waals surface area contributed by atoms with Crippen LogP contribution >= 0.6 is 0 Å². The zero-order valence-electron chi connectivity index (χ0n) is 16.0. The molecule has 0 saturated carbocycles. The molecule has 0 unspecified atom stereocenters. The molecule has 0 spiro atoms. The number of hydrogen-bond acceptors (Lipinski definition) is 6. The first-order valence-electron chi connectivity index (χ1n) is 9.81. The van der Waals surface area contributed by atoms with Gasteiger partial charge >= 0.3 is 0 Å². The molecule has 1 saturated heterocycles. The van der Waals surface area contributed by atoms with E-state index in [-0.39, 0.29) is 0 Å². The Morgan fingerprint density at radius 3 is 2.62 bits per heavy atom. The Balaban J connectivity index is 1.43. The van der Waals surface area contributed by atoms with Crippen LogP contribution < -0.4 is 15.0 Å². The van der Waals surface area contributed by atoms with Gasteiger partial charge in [0.2, 0.25) is 0 Å². The second-order valence-corrected chi connectivity index (χ2v) is 6.97. The van der Waals surface area contributed by atoms with Gasteiger partial charge in [0.1, 0.15) is 24.5 Å². The Morgan fingerprint density at radius 2 is 1.76 bits per heavy atom. The minimum Gasteiger partial charge on any atom is -0.487 e. The SMILES string of the molecule is c1ccc(-c2ccccc2OCc2cc(N3CCNCC3)n3ncnc3n2)cc1. The molecule has 3 heterocycles. The maximum atomic E-state index is 6.19. The largest absolute Gasteiger partial charge is 0.487 e. The highest BCUT2D eigenvalue weighted by atomic mass is 16.5. The summed E-state index contributed by atoms with van der Waals surface area (Å²) in [5.41, 5.74) is 3.03. The van der Waals surface area contributed by atoms with Gasteiger partial charge in [0.15, 0.2) is 0 Å². The smallest absolute Gasteiger partial charge is 0.254 e. The molecular formula is C22H22N6O. The number of nitrogens with one attached hydrogen (secondary N) is 1. The van der Waals surface area contributed by atoms with E-state index in [1.165, 1.54) is 0 Å². The maximum absolute atomic E-state index is 6.19. The van der Waals surface area contributed by atoms with Gasteiger partial charge in [-0.25, -0.2) is 4.98 Å². The van der Waals surface area contributed by atoms with Crippen LogP contribution in [0.5, 0.6) is 5.75 Å². The van der Waals surface area contributed by atoms with Crippen molar-refractivity contribution in [3.05, 3.63) is 72.7 Å². The van der Waals surface area contributed by atoms with E-state index in [9.17, 15) is 0 Å². The van der Waals surface area contributed by atoms with Crippen molar-refractivity contribution < 1.29 is 4.74 Å². The van der Waals surface area contributed by atoms with E-state index in [2.05, 4.69) is 49.5 Å². The molecule has 7 nitrogen and oxygen atoms in total. The van der Waals surface area contributed by atoms with Crippen molar-refractivity contribution >= 4 is 11.6 Å². The molecule has 0 amide bonds. The molecule has 29 heavy (non-hydrogen) atoms. The van der Waals surface area contributed by atoms with Crippen molar-refractivity contribution in [2.24, 2.45) is 0 Å². The molecule has 5 rings (SSSR count). The Bertz CT molecular complexity index is 1100. The second kappa shape index (κ2) is 7.89. The highest BCUT2D eigenvalue weighted by Crippen LogP contribution is 2.30. The number of benzene rings is 2. The van der Waals surface area contributed by atoms with Crippen LogP contribution in [0, 0.1) is 0 Å². The fourth-order valence-corrected chi connectivity index (χ4v) is 3.64. The first-order valence-corrected chi connectivity index (χ1v) is 9.81. The van der Waals surface area contributed by atoms with Gasteiger partial charge in [-0.15, -0.1) is 0 Å². The van der Waals surface area contributed by atoms with E-state index >= 15 is 0 Å². The molecular weight excluding hydrogens is 364 g/mol. The highest BCUT2D eigenvalue weighted by molar-refractivity contribution is 5.70. The Morgan fingerprint density at radius 1 is 0.966 bits per heavy atom. The Labute approximate surface area is 169 Å². The summed E-state index contributed by atoms with van der Waals surface area (Å²) in [6.07, 6.45) is 1.55. The van der Waals surface area contributed by atoms with Gasteiger partial charge < -0.3 is 15.0 Å². The van der Waals surface area contributed by atoms with Crippen molar-refractivity contribution in [1.82, 2.24) is 24.9 Å². The van der Waals surface area contributed by atoms with E-state index in [0.717, 1.165) is 54.6 Å². The lowest BCUT2D eigenvalue weighted by atomic mass is 10.1. The van der Waals surface area contributed by atoms with E-state index in [1.54, 1.807) is 10.8 Å². The van der Waals surface area contributed by atoms with E-state index in [1.807, 2.05) is 36.4 Å². The number of anilines is 1. The molecule has 1 aliphatic heterocycles. The molecule has 7 heteroatoms. The van der Waals surface area contributed by atoms with Crippen LogP contribution in [0.4, 0.5) is 5.82 Å². The number of hydrogen-bond donors (Lipinski definition) is 1. The molecule has 1 aliphatic rings. The minimum atomic E-state index is 0.367. The van der Waals surface area contributed by atoms with E-state index in [0.29, 0.717) is 12.4 Å². The number of fused-ring (bicyclic) bond motifs is 1. The molecule has 1 N–H and O–H groups in total. The molecule has 1 fully saturated rings. The summed E-state index contributed by atoms with van der Waals surface area (Å²) in [6.45, 7) is 4.13. The monoisotopic (exact) mass is 386 g/mol. The number of rotatable bonds is 5. The Hall–Kier alpha value is -3.45. The summed E-state index contributed by atoms with van der Waals surface area (Å²) in [5, 5.41) is 7.73. The summed E-state index contributed by atoms with van der Waals surface area (Å²) in [4.78, 5) is 11.2. The molecule has 0 aliphatic carbocycles. The van der Waals surface area contributed by atoms with Crippen LogP contribution in [-0.4, -0.2) is 45.8 Å². The van der Waals surface area contributed by atoms with Crippen LogP contribution in [0.3, 0.4) is 0 Å². The lowest BCUT2D eigenvalue weighted by Crippen LogP contribution is -2.44. The quantitative estimate of drug-likeness (QED) is 0.569. The highest BCUT2D eigenvalue weighted by Gasteiger charge is 2.17. The van der Waals surface area contributed by atoms with Crippen molar-refractivity contribution in [3.8, 4) is 16.9 Å². The number of aromatic nitrogens is 4. The molecule has 2 aromatic heterocycles. The summed E-state index contributed by atoms with van der Waals surface area (Å²) < 4.78 is 7.99. The van der Waals surface area contributed by atoms with Crippen LogP contribution in [0.25, 0.3) is 16.9 Å². The van der Waals surface area contributed by atoms with Crippen LogP contribution in [-0.2, 0) is 6.61 Å². The van der Waals surface area contributed by atoms with Gasteiger partial charge in [-0.1, -0.05) is 48.5 Å². The topological polar surface area (TPSA) is 67.6 Å². The normalized spacial score (nSPS) is 14.3. The van der Waals surface area contributed by atoms with Gasteiger partial charge in [-0.05, 0) is 11.6 Å². The third kappa shape index (κ3) is 3.64. The molecule has 0 bridgehead atoms. The number of nitrogens with zero attached hydrogens (tertiary/aromatic N) is 5. The van der Waals surface area contributed by atoms with Gasteiger partial charge in [0, 0.05) is 37.8 Å². The lowest BCUT2D eigenvalue weighted by Gasteiger charge is -2.29. The van der Waals surface area contributed by atoms with Crippen molar-refractivity contribution in [3.63, 3.8) is 0 Å². The maximum Gasteiger partial charge on any atom is 0.254 e. The molecule has 146 valence electrons. The predicted molar refractivity (Wildman–Crippen MR) is 112 cm³/mol. The summed E-state index contributed by atoms with van der Waals surface area (Å²) in [7, 11) is 0. The van der Waals surface area contributed by atoms with Crippen LogP contribution in [0.2, 0.25) is 0 Å². The van der Waals surface area contributed by atoms with Gasteiger partial charge in [-0.3, -0.25) is 0 Å². The fraction of sp³-hybridized carbons (Fsp3) is 0.227. The molecule has 2 aromatic carbocycles.